The number of nitrogens with zero attached hydrogens (tertiary/aromatic N) is 1. The Balaban J connectivity index is 1.94. The zero-order valence-electron chi connectivity index (χ0n) is 17.4. The van der Waals surface area contributed by atoms with Crippen molar-refractivity contribution in [1.82, 2.24) is 4.90 Å². The van der Waals surface area contributed by atoms with E-state index in [1.165, 1.54) is 4.90 Å². The number of ketones is 1. The summed E-state index contributed by atoms with van der Waals surface area (Å²) in [6.07, 6.45) is 3.16. The lowest BCUT2D eigenvalue weighted by Crippen LogP contribution is -2.41. The molecule has 6 nitrogen and oxygen atoms in total. The SMILES string of the molecule is CCOC(=O)N1CC(=Cc2ccc(OC)cc2)C(=O)C(=Cc2ccc(OC)cc2)C1. The van der Waals surface area contributed by atoms with Crippen molar-refractivity contribution >= 4 is 24.0 Å². The van der Waals surface area contributed by atoms with Crippen LogP contribution in [0.2, 0.25) is 0 Å². The second-order valence-corrected chi connectivity index (χ2v) is 6.77. The smallest absolute Gasteiger partial charge is 0.410 e. The van der Waals surface area contributed by atoms with E-state index >= 15 is 0 Å². The molecule has 1 saturated heterocycles. The van der Waals surface area contributed by atoms with Crippen LogP contribution in [0.5, 0.6) is 11.5 Å². The van der Waals surface area contributed by atoms with E-state index in [0.717, 1.165) is 22.6 Å². The lowest BCUT2D eigenvalue weighted by atomic mass is 9.94. The maximum Gasteiger partial charge on any atom is 0.410 e. The van der Waals surface area contributed by atoms with Gasteiger partial charge >= 0.3 is 6.09 Å². The van der Waals surface area contributed by atoms with Crippen molar-refractivity contribution in [2.75, 3.05) is 33.9 Å². The summed E-state index contributed by atoms with van der Waals surface area (Å²) >= 11 is 0. The average Bonchev–Trinajstić information content (AvgIpc) is 2.77. The van der Waals surface area contributed by atoms with Gasteiger partial charge in [0.1, 0.15) is 11.5 Å². The fourth-order valence-electron chi connectivity index (χ4n) is 3.19. The minimum atomic E-state index is -0.439. The summed E-state index contributed by atoms with van der Waals surface area (Å²) in [5.41, 5.74) is 2.76. The van der Waals surface area contributed by atoms with Crippen molar-refractivity contribution in [2.45, 2.75) is 6.92 Å². The van der Waals surface area contributed by atoms with Gasteiger partial charge in [0, 0.05) is 11.1 Å². The fourth-order valence-corrected chi connectivity index (χ4v) is 3.19. The minimum Gasteiger partial charge on any atom is -0.497 e. The van der Waals surface area contributed by atoms with Crippen LogP contribution in [0.3, 0.4) is 0 Å². The first kappa shape index (κ1) is 21.2. The summed E-state index contributed by atoms with van der Waals surface area (Å²) in [6.45, 7) is 2.43. The molecule has 30 heavy (non-hydrogen) atoms. The molecule has 2 aromatic carbocycles. The van der Waals surface area contributed by atoms with Crippen LogP contribution in [0.1, 0.15) is 18.1 Å². The first-order chi connectivity index (χ1) is 14.5. The van der Waals surface area contributed by atoms with Crippen LogP contribution in [0, 0.1) is 0 Å². The number of rotatable bonds is 5. The Kier molecular flexibility index (Phi) is 6.91. The summed E-state index contributed by atoms with van der Waals surface area (Å²) in [7, 11) is 3.21. The normalized spacial score (nSPS) is 16.6. The molecule has 0 unspecified atom stereocenters. The van der Waals surface area contributed by atoms with E-state index < -0.39 is 6.09 Å². The molecule has 0 spiro atoms. The van der Waals surface area contributed by atoms with Crippen molar-refractivity contribution in [3.05, 3.63) is 70.8 Å². The van der Waals surface area contributed by atoms with Gasteiger partial charge in [0.15, 0.2) is 5.78 Å². The number of benzene rings is 2. The van der Waals surface area contributed by atoms with E-state index in [1.807, 2.05) is 48.5 Å². The average molecular weight is 407 g/mol. The molecule has 1 aliphatic rings. The van der Waals surface area contributed by atoms with Gasteiger partial charge in [-0.15, -0.1) is 0 Å². The van der Waals surface area contributed by atoms with E-state index in [0.29, 0.717) is 11.1 Å². The van der Waals surface area contributed by atoms with Crippen molar-refractivity contribution in [1.29, 1.82) is 0 Å². The van der Waals surface area contributed by atoms with Crippen molar-refractivity contribution < 1.29 is 23.8 Å². The summed E-state index contributed by atoms with van der Waals surface area (Å²) in [5, 5.41) is 0. The molecule has 0 atom stereocenters. The topological polar surface area (TPSA) is 65.1 Å². The molecule has 0 aromatic heterocycles. The highest BCUT2D eigenvalue weighted by molar-refractivity contribution is 6.15. The highest BCUT2D eigenvalue weighted by atomic mass is 16.6. The number of carbonyl (C=O) groups excluding carboxylic acids is 2. The molecule has 1 fully saturated rings. The highest BCUT2D eigenvalue weighted by Gasteiger charge is 2.29. The Hall–Kier alpha value is -3.54. The Bertz CT molecular complexity index is 889. The van der Waals surface area contributed by atoms with Crippen molar-refractivity contribution in [3.63, 3.8) is 0 Å². The zero-order chi connectivity index (χ0) is 21.5. The second kappa shape index (κ2) is 9.78. The van der Waals surface area contributed by atoms with Crippen molar-refractivity contribution in [2.24, 2.45) is 0 Å². The Morgan fingerprint density at radius 2 is 1.30 bits per heavy atom. The number of methoxy groups -OCH3 is 2. The molecule has 0 aliphatic carbocycles. The van der Waals surface area contributed by atoms with Gasteiger partial charge in [-0.25, -0.2) is 4.79 Å². The molecule has 1 amide bonds. The molecule has 0 N–H and O–H groups in total. The summed E-state index contributed by atoms with van der Waals surface area (Å²) in [4.78, 5) is 27.1. The van der Waals surface area contributed by atoms with E-state index in [4.69, 9.17) is 14.2 Å². The second-order valence-electron chi connectivity index (χ2n) is 6.77. The van der Waals surface area contributed by atoms with Crippen LogP contribution in [0.25, 0.3) is 12.2 Å². The molecular formula is C24H25NO5. The third kappa shape index (κ3) is 5.08. The molecule has 1 aliphatic heterocycles. The number of Topliss-reactive ketones (excluding diaryl/α,β-unsaturated/α-hetero) is 1. The van der Waals surface area contributed by atoms with E-state index in [1.54, 1.807) is 33.3 Å². The van der Waals surface area contributed by atoms with Gasteiger partial charge in [-0.3, -0.25) is 9.69 Å². The van der Waals surface area contributed by atoms with Gasteiger partial charge in [-0.1, -0.05) is 24.3 Å². The molecular weight excluding hydrogens is 382 g/mol. The fraction of sp³-hybridized carbons (Fsp3) is 0.250. The number of ether oxygens (including phenoxy) is 3. The maximum atomic E-state index is 13.1. The summed E-state index contributed by atoms with van der Waals surface area (Å²) in [5.74, 6) is 1.39. The minimum absolute atomic E-state index is 0.0813. The van der Waals surface area contributed by atoms with Crippen molar-refractivity contribution in [3.8, 4) is 11.5 Å². The highest BCUT2D eigenvalue weighted by Crippen LogP contribution is 2.24. The lowest BCUT2D eigenvalue weighted by molar-refractivity contribution is -0.113. The Morgan fingerprint density at radius 1 is 0.867 bits per heavy atom. The molecule has 0 radical (unpaired) electrons. The van der Waals surface area contributed by atoms with Crippen LogP contribution in [0.4, 0.5) is 4.79 Å². The van der Waals surface area contributed by atoms with Crippen LogP contribution < -0.4 is 9.47 Å². The maximum absolute atomic E-state index is 13.1. The number of carbonyl (C=O) groups is 2. The molecule has 156 valence electrons. The van der Waals surface area contributed by atoms with Gasteiger partial charge in [-0.05, 0) is 54.5 Å². The Labute approximate surface area is 176 Å². The van der Waals surface area contributed by atoms with Gasteiger partial charge in [-0.2, -0.15) is 0 Å². The number of hydrogen-bond donors (Lipinski definition) is 0. The van der Waals surface area contributed by atoms with Crippen LogP contribution in [0.15, 0.2) is 59.7 Å². The van der Waals surface area contributed by atoms with E-state index in [9.17, 15) is 9.59 Å². The standard InChI is InChI=1S/C24H25NO5/c1-4-30-24(27)25-15-19(13-17-5-9-21(28-2)10-6-17)23(26)20(16-25)14-18-7-11-22(29-3)12-8-18/h5-14H,4,15-16H2,1-3H3. The lowest BCUT2D eigenvalue weighted by Gasteiger charge is -2.29. The van der Waals surface area contributed by atoms with E-state index in [-0.39, 0.29) is 25.5 Å². The van der Waals surface area contributed by atoms with Gasteiger partial charge in [0.05, 0.1) is 33.9 Å². The number of hydrogen-bond acceptors (Lipinski definition) is 5. The van der Waals surface area contributed by atoms with Gasteiger partial charge in [0.25, 0.3) is 0 Å². The predicted molar refractivity (Wildman–Crippen MR) is 116 cm³/mol. The van der Waals surface area contributed by atoms with Gasteiger partial charge in [0.2, 0.25) is 0 Å². The molecule has 1 heterocycles. The zero-order valence-corrected chi connectivity index (χ0v) is 17.4. The predicted octanol–water partition coefficient (Wildman–Crippen LogP) is 4.21. The number of likely N-dealkylation sites (tertiary alicyclic amines) is 1. The van der Waals surface area contributed by atoms with Crippen LogP contribution in [-0.2, 0) is 9.53 Å². The van der Waals surface area contributed by atoms with Crippen LogP contribution >= 0.6 is 0 Å². The third-order valence-electron chi connectivity index (χ3n) is 4.75. The molecule has 0 saturated carbocycles. The first-order valence-electron chi connectivity index (χ1n) is 9.69. The molecule has 6 heteroatoms. The largest absolute Gasteiger partial charge is 0.497 e. The van der Waals surface area contributed by atoms with E-state index in [2.05, 4.69) is 0 Å². The first-order valence-corrected chi connectivity index (χ1v) is 9.69. The Morgan fingerprint density at radius 3 is 1.67 bits per heavy atom. The molecule has 3 rings (SSSR count). The third-order valence-corrected chi connectivity index (χ3v) is 4.75. The quantitative estimate of drug-likeness (QED) is 0.695. The number of amides is 1. The number of piperidine rings is 1. The summed E-state index contributed by atoms with van der Waals surface area (Å²) in [6, 6.07) is 14.8. The molecule has 2 aromatic rings. The molecule has 0 bridgehead atoms. The monoisotopic (exact) mass is 407 g/mol. The van der Waals surface area contributed by atoms with Gasteiger partial charge < -0.3 is 14.2 Å². The van der Waals surface area contributed by atoms with Crippen LogP contribution in [-0.4, -0.2) is 50.7 Å². The summed E-state index contributed by atoms with van der Waals surface area (Å²) < 4.78 is 15.5.